The fraction of sp³-hybridized carbons (Fsp3) is 0.389. The number of ether oxygens (including phenoxy) is 1. The molecular formula is C18H23NO2. The summed E-state index contributed by atoms with van der Waals surface area (Å²) in [6, 6.07) is 12.0. The zero-order chi connectivity index (χ0) is 15.4. The second kappa shape index (κ2) is 6.61. The number of carbonyl (C=O) groups excluding carboxylic acids is 1. The van der Waals surface area contributed by atoms with Gasteiger partial charge in [-0.1, -0.05) is 44.2 Å². The Morgan fingerprint density at radius 1 is 1.24 bits per heavy atom. The van der Waals surface area contributed by atoms with E-state index in [1.54, 1.807) is 0 Å². The molecule has 1 aromatic heterocycles. The van der Waals surface area contributed by atoms with Crippen LogP contribution in [0.4, 0.5) is 0 Å². The molecule has 0 N–H and O–H groups in total. The van der Waals surface area contributed by atoms with Gasteiger partial charge >= 0.3 is 5.97 Å². The number of rotatable bonds is 5. The lowest BCUT2D eigenvalue weighted by atomic mass is 10.1. The van der Waals surface area contributed by atoms with Crippen LogP contribution < -0.4 is 0 Å². The van der Waals surface area contributed by atoms with Gasteiger partial charge < -0.3 is 9.30 Å². The van der Waals surface area contributed by atoms with Crippen LogP contribution in [-0.4, -0.2) is 17.1 Å². The topological polar surface area (TPSA) is 31.2 Å². The first-order chi connectivity index (χ1) is 10.0. The first-order valence-electron chi connectivity index (χ1n) is 7.47. The number of nitrogens with zero attached hydrogens (tertiary/aromatic N) is 1. The summed E-state index contributed by atoms with van der Waals surface area (Å²) < 4.78 is 7.43. The van der Waals surface area contributed by atoms with E-state index in [2.05, 4.69) is 18.4 Å². The Hall–Kier alpha value is -2.03. The Kier molecular flexibility index (Phi) is 4.84. The van der Waals surface area contributed by atoms with Crippen molar-refractivity contribution >= 4 is 5.97 Å². The second-order valence-corrected chi connectivity index (χ2v) is 5.64. The molecule has 21 heavy (non-hydrogen) atoms. The van der Waals surface area contributed by atoms with Gasteiger partial charge in [-0.05, 0) is 31.4 Å². The third-order valence-corrected chi connectivity index (χ3v) is 3.39. The lowest BCUT2D eigenvalue weighted by Gasteiger charge is -2.15. The van der Waals surface area contributed by atoms with Crippen LogP contribution in [0.2, 0.25) is 0 Å². The average Bonchev–Trinajstić information content (AvgIpc) is 2.77. The molecule has 0 spiro atoms. The predicted octanol–water partition coefficient (Wildman–Crippen LogP) is 4.30. The molecule has 0 aliphatic heterocycles. The lowest BCUT2D eigenvalue weighted by molar-refractivity contribution is 0.0527. The van der Waals surface area contributed by atoms with Crippen LogP contribution in [0.3, 0.4) is 0 Å². The lowest BCUT2D eigenvalue weighted by Crippen LogP contribution is -2.10. The van der Waals surface area contributed by atoms with Gasteiger partial charge in [0.15, 0.2) is 0 Å². The van der Waals surface area contributed by atoms with E-state index in [1.807, 2.05) is 50.2 Å². The number of carbonyl (C=O) groups is 1. The van der Waals surface area contributed by atoms with E-state index >= 15 is 0 Å². The highest BCUT2D eigenvalue weighted by molar-refractivity contribution is 5.97. The van der Waals surface area contributed by atoms with Gasteiger partial charge in [-0.3, -0.25) is 0 Å². The number of aromatic nitrogens is 1. The Morgan fingerprint density at radius 3 is 2.48 bits per heavy atom. The molecular weight excluding hydrogens is 262 g/mol. The van der Waals surface area contributed by atoms with Gasteiger partial charge in [0, 0.05) is 12.2 Å². The maximum atomic E-state index is 12.3. The number of hydrogen-bond acceptors (Lipinski definition) is 2. The van der Waals surface area contributed by atoms with Crippen molar-refractivity contribution < 1.29 is 9.53 Å². The van der Waals surface area contributed by atoms with Crippen molar-refractivity contribution in [1.29, 1.82) is 0 Å². The van der Waals surface area contributed by atoms with Crippen molar-refractivity contribution in [2.24, 2.45) is 5.92 Å². The van der Waals surface area contributed by atoms with E-state index in [4.69, 9.17) is 4.74 Å². The normalized spacial score (nSPS) is 10.9. The SMILES string of the molecule is CCOC(=O)c1cc(C)n(CC(C)C)c1-c1ccccc1. The van der Waals surface area contributed by atoms with Crippen LogP contribution in [-0.2, 0) is 11.3 Å². The first kappa shape index (κ1) is 15.4. The number of esters is 1. The molecule has 0 saturated heterocycles. The van der Waals surface area contributed by atoms with E-state index in [1.165, 1.54) is 0 Å². The standard InChI is InChI=1S/C18H23NO2/c1-5-21-18(20)16-11-14(4)19(12-13(2)3)17(16)15-9-7-6-8-10-15/h6-11,13H,5,12H2,1-4H3. The van der Waals surface area contributed by atoms with E-state index in [9.17, 15) is 4.79 Å². The number of benzene rings is 1. The number of aryl methyl sites for hydroxylation is 1. The summed E-state index contributed by atoms with van der Waals surface area (Å²) in [7, 11) is 0. The van der Waals surface area contributed by atoms with Crippen molar-refractivity contribution in [3.8, 4) is 11.3 Å². The van der Waals surface area contributed by atoms with E-state index in [0.29, 0.717) is 18.1 Å². The zero-order valence-electron chi connectivity index (χ0n) is 13.2. The van der Waals surface area contributed by atoms with Gasteiger partial charge in [-0.25, -0.2) is 4.79 Å². The Labute approximate surface area is 126 Å². The molecule has 0 aliphatic rings. The molecule has 2 rings (SSSR count). The Bertz CT molecular complexity index is 612. The van der Waals surface area contributed by atoms with Crippen LogP contribution in [0.1, 0.15) is 36.8 Å². The van der Waals surface area contributed by atoms with Crippen molar-refractivity contribution in [3.05, 3.63) is 47.7 Å². The minimum atomic E-state index is -0.248. The van der Waals surface area contributed by atoms with Crippen LogP contribution >= 0.6 is 0 Å². The molecule has 0 fully saturated rings. The maximum Gasteiger partial charge on any atom is 0.340 e. The van der Waals surface area contributed by atoms with Crippen molar-refractivity contribution in [2.45, 2.75) is 34.2 Å². The zero-order valence-corrected chi connectivity index (χ0v) is 13.2. The maximum absolute atomic E-state index is 12.3. The predicted molar refractivity (Wildman–Crippen MR) is 85.4 cm³/mol. The molecule has 0 radical (unpaired) electrons. The molecule has 0 bridgehead atoms. The molecule has 0 amide bonds. The van der Waals surface area contributed by atoms with E-state index in [0.717, 1.165) is 23.5 Å². The van der Waals surface area contributed by atoms with Gasteiger partial charge in [0.2, 0.25) is 0 Å². The Morgan fingerprint density at radius 2 is 1.90 bits per heavy atom. The molecule has 112 valence electrons. The molecule has 3 heteroatoms. The summed E-state index contributed by atoms with van der Waals surface area (Å²) in [6.45, 7) is 9.50. The highest BCUT2D eigenvalue weighted by Gasteiger charge is 2.21. The van der Waals surface area contributed by atoms with Crippen molar-refractivity contribution in [3.63, 3.8) is 0 Å². The molecule has 3 nitrogen and oxygen atoms in total. The summed E-state index contributed by atoms with van der Waals surface area (Å²) in [4.78, 5) is 12.3. The van der Waals surface area contributed by atoms with Gasteiger partial charge in [-0.15, -0.1) is 0 Å². The second-order valence-electron chi connectivity index (χ2n) is 5.64. The third-order valence-electron chi connectivity index (χ3n) is 3.39. The summed E-state index contributed by atoms with van der Waals surface area (Å²) in [5.41, 5.74) is 3.75. The molecule has 1 heterocycles. The quantitative estimate of drug-likeness (QED) is 0.767. The van der Waals surface area contributed by atoms with Crippen LogP contribution in [0, 0.1) is 12.8 Å². The molecule has 0 unspecified atom stereocenters. The average molecular weight is 285 g/mol. The van der Waals surface area contributed by atoms with Crippen molar-refractivity contribution in [1.82, 2.24) is 4.57 Å². The monoisotopic (exact) mass is 285 g/mol. The molecule has 0 atom stereocenters. The summed E-state index contributed by atoms with van der Waals surface area (Å²) in [6.07, 6.45) is 0. The van der Waals surface area contributed by atoms with Gasteiger partial charge in [-0.2, -0.15) is 0 Å². The van der Waals surface area contributed by atoms with Crippen LogP contribution in [0.25, 0.3) is 11.3 Å². The fourth-order valence-electron chi connectivity index (χ4n) is 2.55. The van der Waals surface area contributed by atoms with Gasteiger partial charge in [0.05, 0.1) is 17.9 Å². The summed E-state index contributed by atoms with van der Waals surface area (Å²) in [5.74, 6) is 0.260. The molecule has 1 aromatic carbocycles. The molecule has 2 aromatic rings. The molecule has 0 saturated carbocycles. The van der Waals surface area contributed by atoms with E-state index in [-0.39, 0.29) is 5.97 Å². The largest absolute Gasteiger partial charge is 0.462 e. The molecule has 0 aliphatic carbocycles. The van der Waals surface area contributed by atoms with Crippen LogP contribution in [0.15, 0.2) is 36.4 Å². The third kappa shape index (κ3) is 3.35. The summed E-state index contributed by atoms with van der Waals surface area (Å²) >= 11 is 0. The highest BCUT2D eigenvalue weighted by Crippen LogP contribution is 2.29. The van der Waals surface area contributed by atoms with Gasteiger partial charge in [0.25, 0.3) is 0 Å². The fourth-order valence-corrected chi connectivity index (χ4v) is 2.55. The van der Waals surface area contributed by atoms with Gasteiger partial charge in [0.1, 0.15) is 0 Å². The van der Waals surface area contributed by atoms with Crippen LogP contribution in [0.5, 0.6) is 0 Å². The number of hydrogen-bond donors (Lipinski definition) is 0. The first-order valence-corrected chi connectivity index (χ1v) is 7.47. The summed E-state index contributed by atoms with van der Waals surface area (Å²) in [5, 5.41) is 0. The van der Waals surface area contributed by atoms with E-state index < -0.39 is 0 Å². The minimum absolute atomic E-state index is 0.248. The minimum Gasteiger partial charge on any atom is -0.462 e. The Balaban J connectivity index is 2.58. The highest BCUT2D eigenvalue weighted by atomic mass is 16.5. The van der Waals surface area contributed by atoms with Crippen molar-refractivity contribution in [2.75, 3.05) is 6.61 Å². The smallest absolute Gasteiger partial charge is 0.340 e.